The van der Waals surface area contributed by atoms with E-state index in [1.54, 1.807) is 0 Å². The van der Waals surface area contributed by atoms with Crippen molar-refractivity contribution in [3.63, 3.8) is 0 Å². The Bertz CT molecular complexity index is 421. The first-order valence-corrected chi connectivity index (χ1v) is 6.70. The smallest absolute Gasteiger partial charge is 0.152 e. The van der Waals surface area contributed by atoms with Crippen molar-refractivity contribution in [1.82, 2.24) is 0 Å². The molecule has 2 aliphatic rings. The average Bonchev–Trinajstić information content (AvgIpc) is 2.99. The fourth-order valence-corrected chi connectivity index (χ4v) is 3.35. The van der Waals surface area contributed by atoms with Crippen LogP contribution in [0.5, 0.6) is 0 Å². The highest BCUT2D eigenvalue weighted by molar-refractivity contribution is 5.87. The van der Waals surface area contributed by atoms with Crippen LogP contribution in [0.3, 0.4) is 0 Å². The summed E-state index contributed by atoms with van der Waals surface area (Å²) >= 11 is 0. The van der Waals surface area contributed by atoms with Crippen LogP contribution >= 0.6 is 0 Å². The van der Waals surface area contributed by atoms with E-state index in [0.29, 0.717) is 0 Å². The number of anilines is 1. The van der Waals surface area contributed by atoms with Gasteiger partial charge in [0.15, 0.2) is 6.29 Å². The van der Waals surface area contributed by atoms with Crippen LogP contribution in [0.2, 0.25) is 0 Å². The van der Waals surface area contributed by atoms with Gasteiger partial charge in [-0.15, -0.1) is 0 Å². The zero-order valence-electron chi connectivity index (χ0n) is 10.2. The molecule has 0 N–H and O–H groups in total. The van der Waals surface area contributed by atoms with Gasteiger partial charge in [0.1, 0.15) is 0 Å². The SMILES string of the molecule is O=Cc1cccc2c1N(CC1CCCC1)CC2. The molecule has 2 heteroatoms. The Balaban J connectivity index is 1.84. The first-order valence-electron chi connectivity index (χ1n) is 6.70. The number of para-hydroxylation sites is 1. The van der Waals surface area contributed by atoms with Crippen LogP contribution in [-0.4, -0.2) is 19.4 Å². The number of carbonyl (C=O) groups is 1. The molecule has 1 heterocycles. The number of hydrogen-bond donors (Lipinski definition) is 0. The Morgan fingerprint density at radius 3 is 2.88 bits per heavy atom. The molecule has 0 amide bonds. The lowest BCUT2D eigenvalue weighted by atomic mass is 10.1. The zero-order valence-corrected chi connectivity index (χ0v) is 10.2. The second kappa shape index (κ2) is 4.52. The molecule has 0 aromatic heterocycles. The summed E-state index contributed by atoms with van der Waals surface area (Å²) in [7, 11) is 0. The van der Waals surface area contributed by atoms with Gasteiger partial charge >= 0.3 is 0 Å². The highest BCUT2D eigenvalue weighted by atomic mass is 16.1. The number of benzene rings is 1. The van der Waals surface area contributed by atoms with E-state index in [4.69, 9.17) is 0 Å². The number of hydrogen-bond acceptors (Lipinski definition) is 2. The minimum atomic E-state index is 0.848. The van der Waals surface area contributed by atoms with Crippen molar-refractivity contribution in [2.45, 2.75) is 32.1 Å². The molecule has 2 nitrogen and oxygen atoms in total. The van der Waals surface area contributed by atoms with Gasteiger partial charge in [-0.25, -0.2) is 0 Å². The first kappa shape index (κ1) is 10.8. The minimum absolute atomic E-state index is 0.848. The summed E-state index contributed by atoms with van der Waals surface area (Å²) in [5, 5.41) is 0. The van der Waals surface area contributed by atoms with Gasteiger partial charge in [-0.2, -0.15) is 0 Å². The van der Waals surface area contributed by atoms with Crippen molar-refractivity contribution in [2.24, 2.45) is 5.92 Å². The third-order valence-corrected chi connectivity index (χ3v) is 4.20. The topological polar surface area (TPSA) is 20.3 Å². The molecule has 1 fully saturated rings. The van der Waals surface area contributed by atoms with E-state index in [9.17, 15) is 4.79 Å². The Hall–Kier alpha value is -1.31. The van der Waals surface area contributed by atoms with E-state index in [2.05, 4.69) is 11.0 Å². The van der Waals surface area contributed by atoms with Gasteiger partial charge in [0.05, 0.1) is 5.69 Å². The van der Waals surface area contributed by atoms with Crippen molar-refractivity contribution >= 4 is 12.0 Å². The second-order valence-corrected chi connectivity index (χ2v) is 5.32. The van der Waals surface area contributed by atoms with Crippen LogP contribution < -0.4 is 4.90 Å². The molecule has 0 saturated heterocycles. The van der Waals surface area contributed by atoms with E-state index in [1.807, 2.05) is 12.1 Å². The lowest BCUT2D eigenvalue weighted by molar-refractivity contribution is 0.112. The van der Waals surface area contributed by atoms with Crippen LogP contribution in [0.1, 0.15) is 41.6 Å². The molecule has 0 bridgehead atoms. The number of carbonyl (C=O) groups excluding carboxylic acids is 1. The molecule has 90 valence electrons. The molecular formula is C15H19NO. The molecular weight excluding hydrogens is 210 g/mol. The van der Waals surface area contributed by atoms with Crippen molar-refractivity contribution in [2.75, 3.05) is 18.0 Å². The van der Waals surface area contributed by atoms with Crippen LogP contribution in [-0.2, 0) is 6.42 Å². The predicted octanol–water partition coefficient (Wildman–Crippen LogP) is 3.05. The molecule has 1 aromatic carbocycles. The lowest BCUT2D eigenvalue weighted by Crippen LogP contribution is -2.27. The quantitative estimate of drug-likeness (QED) is 0.742. The largest absolute Gasteiger partial charge is 0.370 e. The van der Waals surface area contributed by atoms with Crippen LogP contribution in [0, 0.1) is 5.92 Å². The van der Waals surface area contributed by atoms with Crippen molar-refractivity contribution in [1.29, 1.82) is 0 Å². The van der Waals surface area contributed by atoms with Gasteiger partial charge in [0.25, 0.3) is 0 Å². The fraction of sp³-hybridized carbons (Fsp3) is 0.533. The van der Waals surface area contributed by atoms with Crippen molar-refractivity contribution in [3.05, 3.63) is 29.3 Å². The normalized spacial score (nSPS) is 19.6. The Labute approximate surface area is 103 Å². The van der Waals surface area contributed by atoms with Gasteiger partial charge in [0, 0.05) is 18.7 Å². The number of fused-ring (bicyclic) bond motifs is 1. The summed E-state index contributed by atoms with van der Waals surface area (Å²) in [5.41, 5.74) is 3.44. The minimum Gasteiger partial charge on any atom is -0.370 e. The molecule has 1 aromatic rings. The summed E-state index contributed by atoms with van der Waals surface area (Å²) < 4.78 is 0. The average molecular weight is 229 g/mol. The molecule has 1 aliphatic heterocycles. The van der Waals surface area contributed by atoms with Crippen molar-refractivity contribution < 1.29 is 4.79 Å². The first-order chi connectivity index (χ1) is 8.38. The summed E-state index contributed by atoms with van der Waals surface area (Å²) in [4.78, 5) is 13.6. The molecule has 0 unspecified atom stereocenters. The predicted molar refractivity (Wildman–Crippen MR) is 69.7 cm³/mol. The third kappa shape index (κ3) is 1.97. The van der Waals surface area contributed by atoms with Gasteiger partial charge in [-0.3, -0.25) is 4.79 Å². The molecule has 3 rings (SSSR count). The zero-order chi connectivity index (χ0) is 11.7. The number of aldehydes is 1. The summed E-state index contributed by atoms with van der Waals surface area (Å²) in [6, 6.07) is 6.11. The monoisotopic (exact) mass is 229 g/mol. The Morgan fingerprint density at radius 1 is 1.29 bits per heavy atom. The van der Waals surface area contributed by atoms with Crippen molar-refractivity contribution in [3.8, 4) is 0 Å². The summed E-state index contributed by atoms with van der Waals surface area (Å²) in [5.74, 6) is 0.848. The molecule has 0 atom stereocenters. The van der Waals surface area contributed by atoms with Gasteiger partial charge in [0.2, 0.25) is 0 Å². The number of rotatable bonds is 3. The maximum absolute atomic E-state index is 11.1. The van der Waals surface area contributed by atoms with Crippen LogP contribution in [0.15, 0.2) is 18.2 Å². The fourth-order valence-electron chi connectivity index (χ4n) is 3.35. The molecule has 0 radical (unpaired) electrons. The van der Waals surface area contributed by atoms with Crippen LogP contribution in [0.25, 0.3) is 0 Å². The maximum Gasteiger partial charge on any atom is 0.152 e. The van der Waals surface area contributed by atoms with E-state index >= 15 is 0 Å². The summed E-state index contributed by atoms with van der Waals surface area (Å²) in [6.45, 7) is 2.24. The van der Waals surface area contributed by atoms with E-state index in [1.165, 1.54) is 36.9 Å². The van der Waals surface area contributed by atoms with Gasteiger partial charge < -0.3 is 4.90 Å². The Morgan fingerprint density at radius 2 is 2.12 bits per heavy atom. The van der Waals surface area contributed by atoms with Gasteiger partial charge in [-0.05, 0) is 36.8 Å². The lowest BCUT2D eigenvalue weighted by Gasteiger charge is -2.24. The van der Waals surface area contributed by atoms with E-state index < -0.39 is 0 Å². The summed E-state index contributed by atoms with van der Waals surface area (Å²) in [6.07, 6.45) is 7.63. The molecule has 17 heavy (non-hydrogen) atoms. The van der Waals surface area contributed by atoms with E-state index in [0.717, 1.165) is 37.3 Å². The second-order valence-electron chi connectivity index (χ2n) is 5.32. The highest BCUT2D eigenvalue weighted by Crippen LogP contribution is 2.34. The number of nitrogens with zero attached hydrogens (tertiary/aromatic N) is 1. The van der Waals surface area contributed by atoms with Gasteiger partial charge in [-0.1, -0.05) is 25.0 Å². The third-order valence-electron chi connectivity index (χ3n) is 4.20. The molecule has 1 aliphatic carbocycles. The maximum atomic E-state index is 11.1. The molecule has 0 spiro atoms. The molecule has 1 saturated carbocycles. The van der Waals surface area contributed by atoms with Crippen LogP contribution in [0.4, 0.5) is 5.69 Å². The standard InChI is InChI=1S/C15H19NO/c17-11-14-7-3-6-13-8-9-16(15(13)14)10-12-4-1-2-5-12/h3,6-7,11-12H,1-2,4-5,8-10H2. The van der Waals surface area contributed by atoms with E-state index in [-0.39, 0.29) is 0 Å². The Kier molecular flexibility index (Phi) is 2.87. The highest BCUT2D eigenvalue weighted by Gasteiger charge is 2.25.